The Labute approximate surface area is 173 Å². The Hall–Kier alpha value is -3.12. The third kappa shape index (κ3) is 4.66. The van der Waals surface area contributed by atoms with Crippen LogP contribution in [0.25, 0.3) is 5.69 Å². The van der Waals surface area contributed by atoms with Crippen LogP contribution in [0.2, 0.25) is 5.02 Å². The highest BCUT2D eigenvalue weighted by molar-refractivity contribution is 6.31. The molecule has 29 heavy (non-hydrogen) atoms. The number of rotatable bonds is 7. The molecule has 0 atom stereocenters. The van der Waals surface area contributed by atoms with Crippen LogP contribution in [0.3, 0.4) is 0 Å². The van der Waals surface area contributed by atoms with Crippen LogP contribution < -0.4 is 10.6 Å². The van der Waals surface area contributed by atoms with Crippen LogP contribution in [-0.4, -0.2) is 28.1 Å². The molecular weight excluding hydrogens is 388 g/mol. The number of carbonyl (C=O) groups excluding carboxylic acids is 2. The zero-order valence-corrected chi connectivity index (χ0v) is 16.5. The number of nitrogens with one attached hydrogen (secondary N) is 2. The van der Waals surface area contributed by atoms with E-state index in [1.165, 1.54) is 0 Å². The molecule has 4 rings (SSSR count). The number of amides is 2. The molecular formula is C22H21ClN4O2. The van der Waals surface area contributed by atoms with Gasteiger partial charge in [0.15, 0.2) is 5.69 Å². The van der Waals surface area contributed by atoms with Gasteiger partial charge in [-0.2, -0.15) is 5.10 Å². The van der Waals surface area contributed by atoms with E-state index in [1.807, 2.05) is 54.6 Å². The normalized spacial score (nSPS) is 13.1. The maximum Gasteiger partial charge on any atom is 0.271 e. The van der Waals surface area contributed by atoms with E-state index in [-0.39, 0.29) is 23.4 Å². The lowest BCUT2D eigenvalue weighted by molar-refractivity contribution is -0.117. The van der Waals surface area contributed by atoms with Crippen molar-refractivity contribution in [2.75, 3.05) is 11.9 Å². The maximum atomic E-state index is 12.6. The van der Waals surface area contributed by atoms with Crippen LogP contribution in [0, 0.1) is 5.92 Å². The molecule has 1 aliphatic rings. The summed E-state index contributed by atoms with van der Waals surface area (Å²) in [6.07, 6.45) is 2.43. The van der Waals surface area contributed by atoms with E-state index in [1.54, 1.807) is 10.7 Å². The molecule has 0 aliphatic heterocycles. The van der Waals surface area contributed by atoms with E-state index in [9.17, 15) is 9.59 Å². The van der Waals surface area contributed by atoms with Crippen molar-refractivity contribution in [1.82, 2.24) is 15.1 Å². The average molecular weight is 409 g/mol. The second kappa shape index (κ2) is 8.49. The van der Waals surface area contributed by atoms with Crippen molar-refractivity contribution < 1.29 is 9.59 Å². The first-order valence-corrected chi connectivity index (χ1v) is 9.97. The summed E-state index contributed by atoms with van der Waals surface area (Å²) >= 11 is 6.16. The summed E-state index contributed by atoms with van der Waals surface area (Å²) in [5.41, 5.74) is 1.99. The second-order valence-corrected chi connectivity index (χ2v) is 7.43. The predicted molar refractivity (Wildman–Crippen MR) is 112 cm³/mol. The highest BCUT2D eigenvalue weighted by Crippen LogP contribution is 2.30. The summed E-state index contributed by atoms with van der Waals surface area (Å²) in [4.78, 5) is 24.8. The van der Waals surface area contributed by atoms with Crippen LogP contribution in [-0.2, 0) is 11.2 Å². The molecule has 0 bridgehead atoms. The molecule has 0 radical (unpaired) electrons. The highest BCUT2D eigenvalue weighted by atomic mass is 35.5. The van der Waals surface area contributed by atoms with E-state index in [0.717, 1.165) is 24.1 Å². The molecule has 1 aliphatic carbocycles. The molecule has 6 nitrogen and oxygen atoms in total. The smallest absolute Gasteiger partial charge is 0.271 e. The lowest BCUT2D eigenvalue weighted by Crippen LogP contribution is -2.26. The van der Waals surface area contributed by atoms with Gasteiger partial charge in [-0.3, -0.25) is 9.59 Å². The zero-order valence-electron chi connectivity index (χ0n) is 15.8. The van der Waals surface area contributed by atoms with Crippen LogP contribution >= 0.6 is 11.6 Å². The molecule has 0 unspecified atom stereocenters. The van der Waals surface area contributed by atoms with Gasteiger partial charge in [0.25, 0.3) is 5.91 Å². The van der Waals surface area contributed by atoms with Gasteiger partial charge in [0.2, 0.25) is 5.91 Å². The van der Waals surface area contributed by atoms with E-state index in [2.05, 4.69) is 15.7 Å². The Kier molecular flexibility index (Phi) is 5.62. The van der Waals surface area contributed by atoms with Crippen LogP contribution in [0.4, 0.5) is 5.82 Å². The van der Waals surface area contributed by atoms with Crippen molar-refractivity contribution in [3.63, 3.8) is 0 Å². The van der Waals surface area contributed by atoms with E-state index < -0.39 is 0 Å². The van der Waals surface area contributed by atoms with Gasteiger partial charge in [0.1, 0.15) is 5.82 Å². The fraction of sp³-hybridized carbons (Fsp3) is 0.227. The van der Waals surface area contributed by atoms with Gasteiger partial charge in [-0.05, 0) is 43.0 Å². The van der Waals surface area contributed by atoms with Gasteiger partial charge in [-0.15, -0.1) is 0 Å². The Morgan fingerprint density at radius 2 is 1.79 bits per heavy atom. The number of hydrogen-bond donors (Lipinski definition) is 2. The topological polar surface area (TPSA) is 76.0 Å². The molecule has 1 heterocycles. The molecule has 2 aromatic carbocycles. The summed E-state index contributed by atoms with van der Waals surface area (Å²) in [7, 11) is 0. The Morgan fingerprint density at radius 1 is 1.07 bits per heavy atom. The van der Waals surface area contributed by atoms with Crippen LogP contribution in [0.5, 0.6) is 0 Å². The molecule has 0 saturated heterocycles. The van der Waals surface area contributed by atoms with Crippen molar-refractivity contribution in [3.8, 4) is 5.69 Å². The molecule has 148 valence electrons. The molecule has 2 N–H and O–H groups in total. The largest absolute Gasteiger partial charge is 0.350 e. The molecule has 1 aromatic heterocycles. The van der Waals surface area contributed by atoms with Gasteiger partial charge >= 0.3 is 0 Å². The first kappa shape index (κ1) is 19.2. The average Bonchev–Trinajstić information content (AvgIpc) is 3.51. The minimum Gasteiger partial charge on any atom is -0.350 e. The first-order valence-electron chi connectivity index (χ1n) is 9.60. The minimum absolute atomic E-state index is 0.0345. The molecule has 3 aromatic rings. The Bertz CT molecular complexity index is 1030. The summed E-state index contributed by atoms with van der Waals surface area (Å²) in [6.45, 7) is 0.435. The number of halogens is 1. The number of aromatic nitrogens is 2. The Balaban J connectivity index is 1.49. The number of para-hydroxylation sites is 1. The molecule has 0 spiro atoms. The second-order valence-electron chi connectivity index (χ2n) is 7.02. The van der Waals surface area contributed by atoms with E-state index in [4.69, 9.17) is 11.6 Å². The summed E-state index contributed by atoms with van der Waals surface area (Å²) in [5.74, 6) is 0.216. The fourth-order valence-corrected chi connectivity index (χ4v) is 3.25. The zero-order chi connectivity index (χ0) is 20.2. The predicted octanol–water partition coefficient (Wildman–Crippen LogP) is 3.85. The molecule has 1 saturated carbocycles. The molecule has 7 heteroatoms. The summed E-state index contributed by atoms with van der Waals surface area (Å²) in [5, 5.41) is 10.9. The van der Waals surface area contributed by atoms with Crippen molar-refractivity contribution >= 4 is 29.2 Å². The number of benzene rings is 2. The van der Waals surface area contributed by atoms with Crippen LogP contribution in [0.1, 0.15) is 28.9 Å². The summed E-state index contributed by atoms with van der Waals surface area (Å²) in [6, 6.07) is 18.6. The first-order chi connectivity index (χ1) is 14.1. The SMILES string of the molecule is O=C(NCCc1ccccc1Cl)c1cc(NC(=O)C2CC2)n(-c2ccccc2)n1. The molecule has 1 fully saturated rings. The summed E-state index contributed by atoms with van der Waals surface area (Å²) < 4.78 is 1.59. The van der Waals surface area contributed by atoms with Gasteiger partial charge in [0.05, 0.1) is 5.69 Å². The van der Waals surface area contributed by atoms with E-state index >= 15 is 0 Å². The standard InChI is InChI=1S/C22H21ClN4O2/c23-18-9-5-4-6-15(18)12-13-24-22(29)19-14-20(25-21(28)16-10-11-16)27(26-19)17-7-2-1-3-8-17/h1-9,14,16H,10-13H2,(H,24,29)(H,25,28). The quantitative estimate of drug-likeness (QED) is 0.623. The number of hydrogen-bond acceptors (Lipinski definition) is 3. The monoisotopic (exact) mass is 408 g/mol. The Morgan fingerprint density at radius 3 is 2.52 bits per heavy atom. The van der Waals surface area contributed by atoms with Gasteiger partial charge in [-0.25, -0.2) is 4.68 Å². The molecule has 2 amide bonds. The third-order valence-electron chi connectivity index (χ3n) is 4.78. The minimum atomic E-state index is -0.298. The lowest BCUT2D eigenvalue weighted by atomic mass is 10.1. The number of anilines is 1. The third-order valence-corrected chi connectivity index (χ3v) is 5.15. The fourth-order valence-electron chi connectivity index (χ4n) is 3.02. The number of nitrogens with zero attached hydrogens (tertiary/aromatic N) is 2. The van der Waals surface area contributed by atoms with Crippen molar-refractivity contribution in [3.05, 3.63) is 76.9 Å². The van der Waals surface area contributed by atoms with Crippen molar-refractivity contribution in [2.24, 2.45) is 5.92 Å². The van der Waals surface area contributed by atoms with E-state index in [0.29, 0.717) is 23.8 Å². The van der Waals surface area contributed by atoms with Gasteiger partial charge in [-0.1, -0.05) is 48.0 Å². The van der Waals surface area contributed by atoms with Crippen LogP contribution in [0.15, 0.2) is 60.7 Å². The van der Waals surface area contributed by atoms with Crippen molar-refractivity contribution in [2.45, 2.75) is 19.3 Å². The van der Waals surface area contributed by atoms with Gasteiger partial charge < -0.3 is 10.6 Å². The lowest BCUT2D eigenvalue weighted by Gasteiger charge is -2.08. The highest BCUT2D eigenvalue weighted by Gasteiger charge is 2.30. The van der Waals surface area contributed by atoms with Crippen molar-refractivity contribution in [1.29, 1.82) is 0 Å². The maximum absolute atomic E-state index is 12.6. The number of carbonyl (C=O) groups is 2. The van der Waals surface area contributed by atoms with Gasteiger partial charge in [0, 0.05) is 23.6 Å².